The summed E-state index contributed by atoms with van der Waals surface area (Å²) in [6.07, 6.45) is 1.94. The molecule has 0 bridgehead atoms. The summed E-state index contributed by atoms with van der Waals surface area (Å²) in [4.78, 5) is 0. The summed E-state index contributed by atoms with van der Waals surface area (Å²) in [5.41, 5.74) is 11.6. The van der Waals surface area contributed by atoms with Gasteiger partial charge in [-0.25, -0.2) is 0 Å². The molecule has 288 valence electrons. The predicted molar refractivity (Wildman–Crippen MR) is 242 cm³/mol. The van der Waals surface area contributed by atoms with Crippen molar-refractivity contribution < 1.29 is 26.8 Å². The number of benzene rings is 4. The molecule has 2 heterocycles. The van der Waals surface area contributed by atoms with E-state index in [2.05, 4.69) is 114 Å². The van der Waals surface area contributed by atoms with Crippen LogP contribution >= 0.6 is 40.2 Å². The topological polar surface area (TPSA) is 26.3 Å². The standard InChI is InChI=1S/2C23H20ClO.C2H6Si.2ClH.Zr/c2*1-4-16-9-10-17-12-18(22-11-14(2)15(3)25-22)13-20(17)23(16)19-7-5-6-8-21(19)24;1-3-2;;;/h2*5-13H,4H2,1-3H3;1-2H3;2*1H;/q2*-1;;;;+2/p-2. The average Bonchev–Trinajstić information content (AvgIpc) is 3.97. The summed E-state index contributed by atoms with van der Waals surface area (Å²) < 4.78 is 11.9. The molecule has 0 spiro atoms. The molecule has 2 nitrogen and oxygen atoms in total. The summed E-state index contributed by atoms with van der Waals surface area (Å²) >= 11 is 11.4. The van der Waals surface area contributed by atoms with Crippen molar-refractivity contribution in [3.8, 4) is 44.9 Å². The van der Waals surface area contributed by atoms with Crippen LogP contribution in [0.25, 0.3) is 66.4 Å². The van der Waals surface area contributed by atoms with Crippen LogP contribution in [0, 0.1) is 27.7 Å². The Morgan fingerprint density at radius 1 is 0.571 bits per heavy atom. The van der Waals surface area contributed by atoms with Crippen molar-refractivity contribution >= 4 is 67.2 Å². The van der Waals surface area contributed by atoms with Gasteiger partial charge in [0.2, 0.25) is 0 Å². The maximum absolute atomic E-state index is 6.52. The number of hydrogen-bond acceptors (Lipinski definition) is 2. The fraction of sp³-hybridized carbons (Fsp3) is 0.208. The van der Waals surface area contributed by atoms with Gasteiger partial charge in [0.1, 0.15) is 0 Å². The third-order valence-corrected chi connectivity index (χ3v) is 30.7. The maximum atomic E-state index is 6.52. The number of furan rings is 2. The van der Waals surface area contributed by atoms with Crippen molar-refractivity contribution in [2.75, 3.05) is 0 Å². The van der Waals surface area contributed by atoms with Crippen LogP contribution in [0.4, 0.5) is 0 Å². The normalized spacial score (nSPS) is 11.0. The van der Waals surface area contributed by atoms with E-state index in [1.807, 2.05) is 50.2 Å². The fourth-order valence-electron chi connectivity index (χ4n) is 6.92. The summed E-state index contributed by atoms with van der Waals surface area (Å²) in [7, 11) is 11.2. The van der Waals surface area contributed by atoms with Crippen molar-refractivity contribution in [2.24, 2.45) is 0 Å². The van der Waals surface area contributed by atoms with Crippen molar-refractivity contribution in [1.29, 1.82) is 0 Å². The first-order valence-corrected chi connectivity index (χ1v) is 32.2. The number of rotatable bonds is 6. The third-order valence-electron chi connectivity index (χ3n) is 10.3. The number of fused-ring (bicyclic) bond motifs is 2. The number of aryl methyl sites for hydroxylation is 6. The van der Waals surface area contributed by atoms with Gasteiger partial charge in [-0.2, -0.15) is 0 Å². The van der Waals surface area contributed by atoms with E-state index >= 15 is 0 Å². The van der Waals surface area contributed by atoms with Gasteiger partial charge in [0.15, 0.2) is 0 Å². The van der Waals surface area contributed by atoms with Crippen molar-refractivity contribution in [3.63, 3.8) is 0 Å². The summed E-state index contributed by atoms with van der Waals surface area (Å²) in [5, 5.41) is 6.47. The molecule has 0 unspecified atom stereocenters. The third kappa shape index (κ3) is 9.28. The Kier molecular flexibility index (Phi) is 14.2. The van der Waals surface area contributed by atoms with Crippen molar-refractivity contribution in [3.05, 3.63) is 153 Å². The van der Waals surface area contributed by atoms with Gasteiger partial charge < -0.3 is 8.83 Å². The molecule has 0 amide bonds. The van der Waals surface area contributed by atoms with E-state index in [1.54, 1.807) is 0 Å². The Morgan fingerprint density at radius 3 is 1.25 bits per heavy atom. The minimum atomic E-state index is -1.65. The van der Waals surface area contributed by atoms with Gasteiger partial charge in [-0.1, -0.05) is 108 Å². The molecule has 8 heteroatoms. The van der Waals surface area contributed by atoms with Crippen molar-refractivity contribution in [1.82, 2.24) is 0 Å². The molecular formula is C48H46Cl4O2SiZr-2. The Morgan fingerprint density at radius 2 is 0.946 bits per heavy atom. The van der Waals surface area contributed by atoms with E-state index in [-0.39, 0.29) is 5.43 Å². The van der Waals surface area contributed by atoms with Crippen LogP contribution in [0.1, 0.15) is 47.6 Å². The molecule has 0 atom stereocenters. The molecule has 56 heavy (non-hydrogen) atoms. The Balaban J connectivity index is 0.000000166. The second-order valence-electron chi connectivity index (χ2n) is 14.3. The fourth-order valence-corrected chi connectivity index (χ4v) is 7.38. The van der Waals surface area contributed by atoms with Crippen LogP contribution in [0.15, 0.2) is 118 Å². The molecule has 0 radical (unpaired) electrons. The molecule has 8 aromatic rings. The van der Waals surface area contributed by atoms with Crippen LogP contribution in [0.2, 0.25) is 23.1 Å². The Hall–Kier alpha value is -3.08. The first-order valence-electron chi connectivity index (χ1n) is 18.9. The monoisotopic (exact) mass is 912 g/mol. The summed E-state index contributed by atoms with van der Waals surface area (Å²) in [6.45, 7) is 16.9. The Bertz CT molecular complexity index is 2460. The second-order valence-corrected chi connectivity index (χ2v) is 38.1. The SMILES string of the molecule is CCc1ccc2[cH-]c(-c3cc(C)c(C)o3)cc2c1-c1ccccc1Cl.CCc1ccc2[cH-]c(-c3cc(C)c(C)o3)cc2c1-c1ccccc1Cl.C[Si](C)=[Zr]([Cl])[Cl]. The van der Waals surface area contributed by atoms with Crippen LogP contribution in [-0.2, 0) is 30.8 Å². The molecule has 2 aromatic heterocycles. The van der Waals surface area contributed by atoms with Gasteiger partial charge in [0.25, 0.3) is 0 Å². The number of halogens is 4. The molecule has 6 aromatic carbocycles. The van der Waals surface area contributed by atoms with Gasteiger partial charge in [-0.3, -0.25) is 0 Å². The van der Waals surface area contributed by atoms with Crippen LogP contribution in [0.5, 0.6) is 0 Å². The van der Waals surface area contributed by atoms with Crippen LogP contribution in [0.3, 0.4) is 0 Å². The molecule has 0 saturated heterocycles. The zero-order valence-corrected chi connectivity index (χ0v) is 39.6. The summed E-state index contributed by atoms with van der Waals surface area (Å²) in [6, 6.07) is 38.0. The van der Waals surface area contributed by atoms with E-state index < -0.39 is 18.0 Å². The molecule has 0 saturated carbocycles. The number of hydrogen-bond donors (Lipinski definition) is 0. The average molecular weight is 916 g/mol. The van der Waals surface area contributed by atoms with E-state index in [0.29, 0.717) is 0 Å². The Labute approximate surface area is 356 Å². The summed E-state index contributed by atoms with van der Waals surface area (Å²) in [5.74, 6) is 3.80. The van der Waals surface area contributed by atoms with Gasteiger partial charge in [0.05, 0.1) is 23.0 Å². The molecule has 0 N–H and O–H groups in total. The van der Waals surface area contributed by atoms with Crippen LogP contribution < -0.4 is 0 Å². The predicted octanol–water partition coefficient (Wildman–Crippen LogP) is 16.8. The molecule has 0 aliphatic carbocycles. The molecule has 8 rings (SSSR count). The second kappa shape index (κ2) is 18.7. The van der Waals surface area contributed by atoms with E-state index in [1.165, 1.54) is 54.9 Å². The zero-order chi connectivity index (χ0) is 40.3. The minimum absolute atomic E-state index is 0.224. The van der Waals surface area contributed by atoms with Gasteiger partial charge in [-0.05, 0) is 98.2 Å². The zero-order valence-electron chi connectivity index (χ0n) is 33.1. The first kappa shape index (κ1) is 42.5. The van der Waals surface area contributed by atoms with Crippen molar-refractivity contribution in [2.45, 2.75) is 67.5 Å². The van der Waals surface area contributed by atoms with Crippen LogP contribution in [-0.4, -0.2) is 5.43 Å². The van der Waals surface area contributed by atoms with Gasteiger partial charge in [0, 0.05) is 10.0 Å². The molecule has 0 aliphatic heterocycles. The molecular weight excluding hydrogens is 870 g/mol. The van der Waals surface area contributed by atoms with Gasteiger partial charge in [-0.15, -0.1) is 57.9 Å². The van der Waals surface area contributed by atoms with E-state index in [9.17, 15) is 0 Å². The quantitative estimate of drug-likeness (QED) is 0.123. The molecule has 0 aliphatic rings. The van der Waals surface area contributed by atoms with Gasteiger partial charge >= 0.3 is 53.5 Å². The van der Waals surface area contributed by atoms with E-state index in [0.717, 1.165) is 68.2 Å². The van der Waals surface area contributed by atoms with E-state index in [4.69, 9.17) is 49.1 Å². The first-order chi connectivity index (χ1) is 26.8. The molecule has 0 fully saturated rings.